The number of nitrogens with one attached hydrogen (secondary N) is 1. The summed E-state index contributed by atoms with van der Waals surface area (Å²) in [4.78, 5) is 14.4. The summed E-state index contributed by atoms with van der Waals surface area (Å²) >= 11 is 1.66. The minimum atomic E-state index is -0.293. The Morgan fingerprint density at radius 1 is 1.26 bits per heavy atom. The van der Waals surface area contributed by atoms with Gasteiger partial charge in [0.1, 0.15) is 5.82 Å². The Labute approximate surface area is 116 Å². The van der Waals surface area contributed by atoms with Crippen molar-refractivity contribution < 1.29 is 9.18 Å². The molecule has 19 heavy (non-hydrogen) atoms. The predicted molar refractivity (Wildman–Crippen MR) is 76.1 cm³/mol. The molecular formula is C15H16FNOS. The van der Waals surface area contributed by atoms with Gasteiger partial charge >= 0.3 is 0 Å². The van der Waals surface area contributed by atoms with Gasteiger partial charge in [0.05, 0.1) is 6.04 Å². The molecule has 2 rings (SSSR count). The highest BCUT2D eigenvalue weighted by Crippen LogP contribution is 2.22. The van der Waals surface area contributed by atoms with Gasteiger partial charge in [-0.1, -0.05) is 0 Å². The smallest absolute Gasteiger partial charge is 0.251 e. The molecule has 2 aromatic rings. The van der Waals surface area contributed by atoms with Crippen molar-refractivity contribution in [3.05, 3.63) is 57.0 Å². The van der Waals surface area contributed by atoms with Crippen molar-refractivity contribution in [1.29, 1.82) is 0 Å². The molecule has 1 heterocycles. The van der Waals surface area contributed by atoms with E-state index in [1.54, 1.807) is 24.3 Å². The lowest BCUT2D eigenvalue weighted by molar-refractivity contribution is 0.0940. The number of hydrogen-bond acceptors (Lipinski definition) is 2. The number of rotatable bonds is 3. The number of amides is 1. The number of carbonyl (C=O) groups excluding carboxylic acids is 1. The maximum Gasteiger partial charge on any atom is 0.251 e. The van der Waals surface area contributed by atoms with Crippen molar-refractivity contribution >= 4 is 17.2 Å². The molecule has 1 unspecified atom stereocenters. The highest BCUT2D eigenvalue weighted by Gasteiger charge is 2.13. The highest BCUT2D eigenvalue weighted by atomic mass is 32.1. The second-order valence-electron chi connectivity index (χ2n) is 4.61. The molecule has 1 aromatic carbocycles. The van der Waals surface area contributed by atoms with Gasteiger partial charge in [-0.3, -0.25) is 4.79 Å². The van der Waals surface area contributed by atoms with Gasteiger partial charge in [0.15, 0.2) is 0 Å². The summed E-state index contributed by atoms with van der Waals surface area (Å²) in [5, 5.41) is 2.92. The first kappa shape index (κ1) is 13.7. The van der Waals surface area contributed by atoms with Gasteiger partial charge in [-0.15, -0.1) is 11.3 Å². The van der Waals surface area contributed by atoms with Crippen LogP contribution in [0.4, 0.5) is 4.39 Å². The second kappa shape index (κ2) is 5.53. The molecule has 1 N–H and O–H groups in total. The summed E-state index contributed by atoms with van der Waals surface area (Å²) in [7, 11) is 0. The zero-order valence-electron chi connectivity index (χ0n) is 11.2. The fourth-order valence-electron chi connectivity index (χ4n) is 1.82. The van der Waals surface area contributed by atoms with Gasteiger partial charge in [-0.2, -0.15) is 0 Å². The Kier molecular flexibility index (Phi) is 4.00. The van der Waals surface area contributed by atoms with Gasteiger partial charge in [-0.05, 0) is 56.7 Å². The molecule has 0 bridgehead atoms. The molecule has 2 nitrogen and oxygen atoms in total. The van der Waals surface area contributed by atoms with Crippen molar-refractivity contribution in [3.63, 3.8) is 0 Å². The van der Waals surface area contributed by atoms with Crippen molar-refractivity contribution in [2.75, 3.05) is 0 Å². The molecule has 0 aliphatic rings. The number of benzene rings is 1. The number of aryl methyl sites for hydroxylation is 2. The molecule has 0 fully saturated rings. The Balaban J connectivity index is 2.10. The molecule has 0 saturated carbocycles. The van der Waals surface area contributed by atoms with E-state index < -0.39 is 0 Å². The molecule has 0 spiro atoms. The first-order valence-corrected chi connectivity index (χ1v) is 6.92. The maximum atomic E-state index is 13.2. The number of carbonyl (C=O) groups is 1. The lowest BCUT2D eigenvalue weighted by Gasteiger charge is -2.12. The molecule has 0 saturated heterocycles. The van der Waals surface area contributed by atoms with Crippen LogP contribution in [-0.2, 0) is 0 Å². The topological polar surface area (TPSA) is 29.1 Å². The third kappa shape index (κ3) is 3.20. The van der Waals surface area contributed by atoms with Crippen LogP contribution in [0, 0.1) is 19.7 Å². The zero-order chi connectivity index (χ0) is 14.0. The number of thiophene rings is 1. The second-order valence-corrected chi connectivity index (χ2v) is 5.93. The SMILES string of the molecule is Cc1ccc(C(C)NC(=O)c2ccc(F)c(C)c2)s1. The summed E-state index contributed by atoms with van der Waals surface area (Å²) < 4.78 is 13.2. The summed E-state index contributed by atoms with van der Waals surface area (Å²) in [5.41, 5.74) is 0.964. The molecular weight excluding hydrogens is 261 g/mol. The lowest BCUT2D eigenvalue weighted by Crippen LogP contribution is -2.26. The van der Waals surface area contributed by atoms with Crippen LogP contribution in [0.2, 0.25) is 0 Å². The fourth-order valence-corrected chi connectivity index (χ4v) is 2.70. The van der Waals surface area contributed by atoms with Gasteiger partial charge in [0.2, 0.25) is 0 Å². The average molecular weight is 277 g/mol. The summed E-state index contributed by atoms with van der Waals surface area (Å²) in [6.07, 6.45) is 0. The zero-order valence-corrected chi connectivity index (χ0v) is 12.0. The van der Waals surface area contributed by atoms with Crippen LogP contribution in [-0.4, -0.2) is 5.91 Å². The first-order valence-electron chi connectivity index (χ1n) is 6.10. The van der Waals surface area contributed by atoms with Crippen LogP contribution in [0.25, 0.3) is 0 Å². The summed E-state index contributed by atoms with van der Waals surface area (Å²) in [6.45, 7) is 5.63. The minimum Gasteiger partial charge on any atom is -0.345 e. The van der Waals surface area contributed by atoms with Crippen molar-refractivity contribution in [2.45, 2.75) is 26.8 Å². The van der Waals surface area contributed by atoms with E-state index in [1.165, 1.54) is 17.0 Å². The summed E-state index contributed by atoms with van der Waals surface area (Å²) in [5.74, 6) is -0.472. The molecule has 0 radical (unpaired) electrons. The Bertz CT molecular complexity index is 606. The Hall–Kier alpha value is -1.68. The van der Waals surface area contributed by atoms with Gasteiger partial charge in [0, 0.05) is 15.3 Å². The summed E-state index contributed by atoms with van der Waals surface area (Å²) in [6, 6.07) is 8.40. The molecule has 1 amide bonds. The lowest BCUT2D eigenvalue weighted by atomic mass is 10.1. The third-order valence-electron chi connectivity index (χ3n) is 2.96. The van der Waals surface area contributed by atoms with Crippen LogP contribution in [0.5, 0.6) is 0 Å². The van der Waals surface area contributed by atoms with Crippen LogP contribution in [0.15, 0.2) is 30.3 Å². The van der Waals surface area contributed by atoms with E-state index in [2.05, 4.69) is 5.32 Å². The minimum absolute atomic E-state index is 0.0449. The fraction of sp³-hybridized carbons (Fsp3) is 0.267. The third-order valence-corrected chi connectivity index (χ3v) is 4.14. The predicted octanol–water partition coefficient (Wildman–Crippen LogP) is 4.00. The molecule has 0 aliphatic carbocycles. The number of halogens is 1. The van der Waals surface area contributed by atoms with Gasteiger partial charge in [-0.25, -0.2) is 4.39 Å². The van der Waals surface area contributed by atoms with Crippen LogP contribution in [0.1, 0.15) is 38.6 Å². The van der Waals surface area contributed by atoms with Crippen LogP contribution < -0.4 is 5.32 Å². The monoisotopic (exact) mass is 277 g/mol. The molecule has 0 aliphatic heterocycles. The van der Waals surface area contributed by atoms with E-state index in [4.69, 9.17) is 0 Å². The maximum absolute atomic E-state index is 13.2. The van der Waals surface area contributed by atoms with E-state index in [9.17, 15) is 9.18 Å². The largest absolute Gasteiger partial charge is 0.345 e. The normalized spacial score (nSPS) is 12.2. The van der Waals surface area contributed by atoms with Crippen LogP contribution in [0.3, 0.4) is 0 Å². The molecule has 1 atom stereocenters. The Morgan fingerprint density at radius 2 is 2.00 bits per heavy atom. The van der Waals surface area contributed by atoms with Crippen LogP contribution >= 0.6 is 11.3 Å². The quantitative estimate of drug-likeness (QED) is 0.903. The van der Waals surface area contributed by atoms with E-state index in [0.29, 0.717) is 11.1 Å². The van der Waals surface area contributed by atoms with Crippen molar-refractivity contribution in [3.8, 4) is 0 Å². The standard InChI is InChI=1S/C15H16FNOS/c1-9-8-12(5-6-13(9)16)15(18)17-11(3)14-7-4-10(2)19-14/h4-8,11H,1-3H3,(H,17,18). The van der Waals surface area contributed by atoms with Gasteiger partial charge in [0.25, 0.3) is 5.91 Å². The van der Waals surface area contributed by atoms with E-state index >= 15 is 0 Å². The molecule has 1 aromatic heterocycles. The van der Waals surface area contributed by atoms with Gasteiger partial charge < -0.3 is 5.32 Å². The van der Waals surface area contributed by atoms with Crippen molar-refractivity contribution in [2.24, 2.45) is 0 Å². The van der Waals surface area contributed by atoms with Crippen molar-refractivity contribution in [1.82, 2.24) is 5.32 Å². The Morgan fingerprint density at radius 3 is 2.58 bits per heavy atom. The molecule has 4 heteroatoms. The molecule has 100 valence electrons. The van der Waals surface area contributed by atoms with E-state index in [0.717, 1.165) is 4.88 Å². The number of hydrogen-bond donors (Lipinski definition) is 1. The van der Waals surface area contributed by atoms with E-state index in [-0.39, 0.29) is 17.8 Å². The van der Waals surface area contributed by atoms with E-state index in [1.807, 2.05) is 26.0 Å². The highest BCUT2D eigenvalue weighted by molar-refractivity contribution is 7.12. The average Bonchev–Trinajstić information content (AvgIpc) is 2.79. The first-order chi connectivity index (χ1) is 8.97.